The topological polar surface area (TPSA) is 32.5 Å². The lowest BCUT2D eigenvalue weighted by Crippen LogP contribution is -2.40. The summed E-state index contributed by atoms with van der Waals surface area (Å²) in [6.45, 7) is 4.70. The van der Waals surface area contributed by atoms with Crippen molar-refractivity contribution in [1.29, 1.82) is 0 Å². The smallest absolute Gasteiger partial charge is 0.0229 e. The van der Waals surface area contributed by atoms with E-state index in [1.165, 1.54) is 51.7 Å². The Balaban J connectivity index is 1.71. The van der Waals surface area contributed by atoms with Gasteiger partial charge in [0.05, 0.1) is 0 Å². The van der Waals surface area contributed by atoms with Crippen molar-refractivity contribution in [1.82, 2.24) is 9.80 Å². The molecule has 94 valence electrons. The molecule has 3 nitrogen and oxygen atoms in total. The van der Waals surface area contributed by atoms with E-state index in [0.717, 1.165) is 12.6 Å². The molecule has 1 aliphatic heterocycles. The molecule has 2 fully saturated rings. The molecule has 0 spiro atoms. The first-order chi connectivity index (χ1) is 7.65. The lowest BCUT2D eigenvalue weighted by molar-refractivity contribution is 0.110. The first-order valence-electron chi connectivity index (χ1n) is 6.74. The van der Waals surface area contributed by atoms with E-state index in [2.05, 4.69) is 23.9 Å². The number of rotatable bonds is 5. The average molecular weight is 225 g/mol. The normalized spacial score (nSPS) is 29.6. The Hall–Kier alpha value is -0.120. The molecule has 1 atom stereocenters. The number of nitrogens with two attached hydrogens (primary N) is 1. The van der Waals surface area contributed by atoms with Crippen LogP contribution >= 0.6 is 0 Å². The van der Waals surface area contributed by atoms with Gasteiger partial charge in [0, 0.05) is 12.6 Å². The fraction of sp³-hybridized carbons (Fsp3) is 1.00. The fourth-order valence-electron chi connectivity index (χ4n) is 3.07. The van der Waals surface area contributed by atoms with Crippen LogP contribution in [0.25, 0.3) is 0 Å². The highest BCUT2D eigenvalue weighted by Crippen LogP contribution is 2.43. The molecule has 1 saturated carbocycles. The maximum Gasteiger partial charge on any atom is 0.0229 e. The summed E-state index contributed by atoms with van der Waals surface area (Å²) in [5.41, 5.74) is 6.43. The molecule has 0 radical (unpaired) electrons. The van der Waals surface area contributed by atoms with E-state index in [1.54, 1.807) is 0 Å². The molecule has 0 aromatic carbocycles. The monoisotopic (exact) mass is 225 g/mol. The highest BCUT2D eigenvalue weighted by atomic mass is 15.2. The molecule has 16 heavy (non-hydrogen) atoms. The third-order valence-electron chi connectivity index (χ3n) is 4.78. The summed E-state index contributed by atoms with van der Waals surface area (Å²) in [6.07, 6.45) is 6.80. The summed E-state index contributed by atoms with van der Waals surface area (Å²) in [6, 6.07) is 0.773. The molecule has 1 aliphatic carbocycles. The lowest BCUT2D eigenvalue weighted by Gasteiger charge is -2.42. The van der Waals surface area contributed by atoms with Crippen LogP contribution in [0, 0.1) is 5.41 Å². The van der Waals surface area contributed by atoms with E-state index in [-0.39, 0.29) is 0 Å². The van der Waals surface area contributed by atoms with E-state index >= 15 is 0 Å². The van der Waals surface area contributed by atoms with Gasteiger partial charge in [-0.05, 0) is 64.8 Å². The van der Waals surface area contributed by atoms with Crippen LogP contribution in [0.5, 0.6) is 0 Å². The molecule has 2 N–H and O–H groups in total. The zero-order chi connectivity index (χ0) is 11.6. The van der Waals surface area contributed by atoms with Gasteiger partial charge >= 0.3 is 0 Å². The fourth-order valence-corrected chi connectivity index (χ4v) is 3.07. The molecule has 1 heterocycles. The predicted molar refractivity (Wildman–Crippen MR) is 68.5 cm³/mol. The summed E-state index contributed by atoms with van der Waals surface area (Å²) in [4.78, 5) is 4.99. The van der Waals surface area contributed by atoms with Gasteiger partial charge < -0.3 is 15.5 Å². The molecule has 0 aromatic heterocycles. The molecular weight excluding hydrogens is 198 g/mol. The molecule has 2 rings (SSSR count). The van der Waals surface area contributed by atoms with E-state index in [9.17, 15) is 0 Å². The highest BCUT2D eigenvalue weighted by Gasteiger charge is 2.36. The molecule has 0 amide bonds. The van der Waals surface area contributed by atoms with Crippen molar-refractivity contribution in [3.63, 3.8) is 0 Å². The molecular formula is C13H27N3. The van der Waals surface area contributed by atoms with Crippen LogP contribution in [0.1, 0.15) is 32.1 Å². The van der Waals surface area contributed by atoms with Crippen molar-refractivity contribution < 1.29 is 0 Å². The number of likely N-dealkylation sites (tertiary alicyclic amines) is 1. The number of hydrogen-bond donors (Lipinski definition) is 1. The van der Waals surface area contributed by atoms with Crippen LogP contribution in [0.2, 0.25) is 0 Å². The summed E-state index contributed by atoms with van der Waals surface area (Å²) in [5, 5.41) is 0. The minimum atomic E-state index is 0.524. The molecule has 0 bridgehead atoms. The first kappa shape index (κ1) is 12.3. The second kappa shape index (κ2) is 5.03. The molecule has 3 heteroatoms. The van der Waals surface area contributed by atoms with Crippen LogP contribution in [-0.2, 0) is 0 Å². The Morgan fingerprint density at radius 3 is 2.56 bits per heavy atom. The molecule has 1 unspecified atom stereocenters. The zero-order valence-corrected chi connectivity index (χ0v) is 10.9. The Labute approximate surface area is 100.0 Å². The molecule has 0 aromatic rings. The van der Waals surface area contributed by atoms with Crippen LogP contribution in [0.15, 0.2) is 0 Å². The van der Waals surface area contributed by atoms with Gasteiger partial charge in [-0.2, -0.15) is 0 Å². The van der Waals surface area contributed by atoms with Crippen LogP contribution in [0.4, 0.5) is 0 Å². The summed E-state index contributed by atoms with van der Waals surface area (Å²) < 4.78 is 0. The zero-order valence-electron chi connectivity index (χ0n) is 10.9. The SMILES string of the molecule is CN(C)C1CCN(CCC2(CN)CCC2)C1. The summed E-state index contributed by atoms with van der Waals surface area (Å²) in [7, 11) is 4.39. The van der Waals surface area contributed by atoms with Crippen LogP contribution in [0.3, 0.4) is 0 Å². The van der Waals surface area contributed by atoms with Crippen molar-refractivity contribution in [2.75, 3.05) is 40.3 Å². The average Bonchev–Trinajstić information content (AvgIpc) is 2.65. The van der Waals surface area contributed by atoms with E-state index in [0.29, 0.717) is 5.41 Å². The maximum atomic E-state index is 5.90. The van der Waals surface area contributed by atoms with Crippen molar-refractivity contribution in [2.45, 2.75) is 38.1 Å². The first-order valence-corrected chi connectivity index (χ1v) is 6.74. The van der Waals surface area contributed by atoms with E-state index < -0.39 is 0 Å². The van der Waals surface area contributed by atoms with E-state index in [4.69, 9.17) is 5.73 Å². The van der Waals surface area contributed by atoms with Gasteiger partial charge in [0.15, 0.2) is 0 Å². The molecule has 1 saturated heterocycles. The second-order valence-corrected chi connectivity index (χ2v) is 6.01. The van der Waals surface area contributed by atoms with Crippen LogP contribution < -0.4 is 5.73 Å². The summed E-state index contributed by atoms with van der Waals surface area (Å²) in [5.74, 6) is 0. The third kappa shape index (κ3) is 2.58. The second-order valence-electron chi connectivity index (χ2n) is 6.01. The van der Waals surface area contributed by atoms with Crippen molar-refractivity contribution in [2.24, 2.45) is 11.1 Å². The maximum absolute atomic E-state index is 5.90. The standard InChI is InChI=1S/C13H27N3/c1-15(2)12-4-8-16(10-12)9-7-13(11-14)5-3-6-13/h12H,3-11,14H2,1-2H3. The predicted octanol–water partition coefficient (Wildman–Crippen LogP) is 1.14. The van der Waals surface area contributed by atoms with Gasteiger partial charge in [0.2, 0.25) is 0 Å². The number of likely N-dealkylation sites (N-methyl/N-ethyl adjacent to an activating group) is 1. The Morgan fingerprint density at radius 1 is 1.38 bits per heavy atom. The van der Waals surface area contributed by atoms with Gasteiger partial charge in [0.1, 0.15) is 0 Å². The van der Waals surface area contributed by atoms with Crippen LogP contribution in [-0.4, -0.2) is 56.1 Å². The van der Waals surface area contributed by atoms with Crippen molar-refractivity contribution in [3.05, 3.63) is 0 Å². The largest absolute Gasteiger partial charge is 0.330 e. The highest BCUT2D eigenvalue weighted by molar-refractivity contribution is 4.90. The Kier molecular flexibility index (Phi) is 3.88. The number of nitrogens with zero attached hydrogens (tertiary/aromatic N) is 2. The van der Waals surface area contributed by atoms with Gasteiger partial charge in [-0.25, -0.2) is 0 Å². The number of hydrogen-bond acceptors (Lipinski definition) is 3. The lowest BCUT2D eigenvalue weighted by atomic mass is 9.66. The van der Waals surface area contributed by atoms with Gasteiger partial charge in [-0.3, -0.25) is 0 Å². The van der Waals surface area contributed by atoms with Gasteiger partial charge in [-0.15, -0.1) is 0 Å². The summed E-state index contributed by atoms with van der Waals surface area (Å²) >= 11 is 0. The van der Waals surface area contributed by atoms with Crippen molar-refractivity contribution >= 4 is 0 Å². The Morgan fingerprint density at radius 2 is 2.12 bits per heavy atom. The van der Waals surface area contributed by atoms with E-state index in [1.807, 2.05) is 0 Å². The quantitative estimate of drug-likeness (QED) is 0.761. The Bertz CT molecular complexity index is 218. The molecule has 2 aliphatic rings. The van der Waals surface area contributed by atoms with Gasteiger partial charge in [0.25, 0.3) is 0 Å². The minimum absolute atomic E-state index is 0.524. The minimum Gasteiger partial charge on any atom is -0.330 e. The van der Waals surface area contributed by atoms with Crippen molar-refractivity contribution in [3.8, 4) is 0 Å². The van der Waals surface area contributed by atoms with Gasteiger partial charge in [-0.1, -0.05) is 6.42 Å². The third-order valence-corrected chi connectivity index (χ3v) is 4.78.